The number of carbonyl (C=O) groups excluding carboxylic acids is 1. The van der Waals surface area contributed by atoms with E-state index in [-0.39, 0.29) is 18.5 Å². The monoisotopic (exact) mass is 341 g/mol. The van der Waals surface area contributed by atoms with Crippen molar-refractivity contribution in [1.29, 1.82) is 0 Å². The first-order valence-electron chi connectivity index (χ1n) is 8.36. The van der Waals surface area contributed by atoms with Crippen molar-refractivity contribution in [2.75, 3.05) is 25.0 Å². The van der Waals surface area contributed by atoms with Crippen LogP contribution in [0.2, 0.25) is 0 Å². The molecule has 0 atom stereocenters. The maximum atomic E-state index is 12.7. The summed E-state index contributed by atoms with van der Waals surface area (Å²) < 4.78 is 38.0. The average Bonchev–Trinajstić information content (AvgIpc) is 3.38. The van der Waals surface area contributed by atoms with Gasteiger partial charge in [0.05, 0.1) is 12.1 Å². The van der Waals surface area contributed by atoms with Crippen molar-refractivity contribution in [2.45, 2.75) is 43.9 Å². The fraction of sp³-hybridized carbons (Fsp3) is 0.588. The van der Waals surface area contributed by atoms with Crippen molar-refractivity contribution in [3.8, 4) is 0 Å². The topological polar surface area (TPSA) is 44.4 Å². The molecular weight excluding hydrogens is 319 g/mol. The Morgan fingerprint density at radius 2 is 1.88 bits per heavy atom. The lowest BCUT2D eigenvalue weighted by atomic mass is 10.0. The molecule has 0 radical (unpaired) electrons. The second-order valence-corrected chi connectivity index (χ2v) is 6.54. The number of likely N-dealkylation sites (tertiary alicyclic amines) is 1. The lowest BCUT2D eigenvalue weighted by Gasteiger charge is -2.32. The van der Waals surface area contributed by atoms with Gasteiger partial charge in [-0.05, 0) is 43.9 Å². The van der Waals surface area contributed by atoms with Crippen molar-refractivity contribution in [3.05, 3.63) is 29.8 Å². The molecule has 4 nitrogen and oxygen atoms in total. The predicted octanol–water partition coefficient (Wildman–Crippen LogP) is 2.86. The number of halogens is 3. The lowest BCUT2D eigenvalue weighted by Crippen LogP contribution is -2.46. The van der Waals surface area contributed by atoms with E-state index in [4.69, 9.17) is 0 Å². The molecule has 1 heterocycles. The van der Waals surface area contributed by atoms with Crippen LogP contribution in [0.3, 0.4) is 0 Å². The SMILES string of the molecule is O=C(CNc1cccc(C(F)(F)F)c1)NC1CCN(C2CC2)CC1. The molecule has 1 amide bonds. The van der Waals surface area contributed by atoms with Gasteiger partial charge < -0.3 is 15.5 Å². The van der Waals surface area contributed by atoms with Crippen LogP contribution in [0.4, 0.5) is 18.9 Å². The van der Waals surface area contributed by atoms with Crippen LogP contribution in [0, 0.1) is 0 Å². The van der Waals surface area contributed by atoms with E-state index in [1.54, 1.807) is 0 Å². The summed E-state index contributed by atoms with van der Waals surface area (Å²) in [6.45, 7) is 2.00. The molecule has 1 saturated carbocycles. The van der Waals surface area contributed by atoms with E-state index in [0.29, 0.717) is 5.69 Å². The molecule has 132 valence electrons. The number of nitrogens with one attached hydrogen (secondary N) is 2. The predicted molar refractivity (Wildman–Crippen MR) is 85.7 cm³/mol. The van der Waals surface area contributed by atoms with Crippen molar-refractivity contribution >= 4 is 11.6 Å². The Hall–Kier alpha value is -1.76. The largest absolute Gasteiger partial charge is 0.416 e. The summed E-state index contributed by atoms with van der Waals surface area (Å²) in [6, 6.07) is 5.80. The number of nitrogens with zero attached hydrogens (tertiary/aromatic N) is 1. The highest BCUT2D eigenvalue weighted by molar-refractivity contribution is 5.81. The Balaban J connectivity index is 1.42. The third-order valence-electron chi connectivity index (χ3n) is 4.60. The fourth-order valence-electron chi connectivity index (χ4n) is 3.12. The molecule has 24 heavy (non-hydrogen) atoms. The van der Waals surface area contributed by atoms with Gasteiger partial charge >= 0.3 is 6.18 Å². The van der Waals surface area contributed by atoms with Crippen LogP contribution in [0.15, 0.2) is 24.3 Å². The number of rotatable bonds is 5. The number of benzene rings is 1. The van der Waals surface area contributed by atoms with E-state index < -0.39 is 11.7 Å². The summed E-state index contributed by atoms with van der Waals surface area (Å²) in [5.41, 5.74) is -0.427. The minimum Gasteiger partial charge on any atom is -0.376 e. The Labute approximate surface area is 139 Å². The lowest BCUT2D eigenvalue weighted by molar-refractivity contribution is -0.137. The van der Waals surface area contributed by atoms with E-state index in [9.17, 15) is 18.0 Å². The maximum Gasteiger partial charge on any atom is 0.416 e. The number of hydrogen-bond donors (Lipinski definition) is 2. The highest BCUT2D eigenvalue weighted by atomic mass is 19.4. The van der Waals surface area contributed by atoms with Crippen molar-refractivity contribution in [1.82, 2.24) is 10.2 Å². The summed E-state index contributed by atoms with van der Waals surface area (Å²) in [5, 5.41) is 5.72. The minimum absolute atomic E-state index is 0.0237. The van der Waals surface area contributed by atoms with Crippen LogP contribution in [0.25, 0.3) is 0 Å². The molecule has 1 aliphatic heterocycles. The number of alkyl halides is 3. The van der Waals surface area contributed by atoms with Crippen LogP contribution in [-0.4, -0.2) is 42.5 Å². The van der Waals surface area contributed by atoms with Crippen molar-refractivity contribution in [3.63, 3.8) is 0 Å². The molecule has 2 fully saturated rings. The number of hydrogen-bond acceptors (Lipinski definition) is 3. The van der Waals surface area contributed by atoms with E-state index in [1.165, 1.54) is 25.0 Å². The molecule has 1 saturated heterocycles. The first-order chi connectivity index (χ1) is 11.4. The second-order valence-electron chi connectivity index (χ2n) is 6.54. The van der Waals surface area contributed by atoms with Crippen molar-refractivity contribution < 1.29 is 18.0 Å². The van der Waals surface area contributed by atoms with Crippen LogP contribution in [0.1, 0.15) is 31.2 Å². The highest BCUT2D eigenvalue weighted by Crippen LogP contribution is 2.31. The Morgan fingerprint density at radius 3 is 2.50 bits per heavy atom. The molecule has 0 spiro atoms. The molecule has 0 unspecified atom stereocenters. The Kier molecular flexibility index (Phi) is 4.99. The third-order valence-corrected chi connectivity index (χ3v) is 4.60. The van der Waals surface area contributed by atoms with Gasteiger partial charge in [0.1, 0.15) is 0 Å². The molecule has 2 N–H and O–H groups in total. The zero-order valence-corrected chi connectivity index (χ0v) is 13.4. The fourth-order valence-corrected chi connectivity index (χ4v) is 3.12. The van der Waals surface area contributed by atoms with Gasteiger partial charge in [-0.25, -0.2) is 0 Å². The van der Waals surface area contributed by atoms with Gasteiger partial charge in [0.25, 0.3) is 0 Å². The quantitative estimate of drug-likeness (QED) is 0.866. The van der Waals surface area contributed by atoms with Crippen LogP contribution < -0.4 is 10.6 Å². The van der Waals surface area contributed by atoms with Crippen LogP contribution >= 0.6 is 0 Å². The maximum absolute atomic E-state index is 12.7. The first kappa shape index (κ1) is 17.1. The smallest absolute Gasteiger partial charge is 0.376 e. The Bertz CT molecular complexity index is 579. The molecule has 0 aromatic heterocycles. The molecule has 0 bridgehead atoms. The molecule has 1 aromatic carbocycles. The van der Waals surface area contributed by atoms with Crippen LogP contribution in [-0.2, 0) is 11.0 Å². The molecule has 2 aliphatic rings. The summed E-state index contributed by atoms with van der Waals surface area (Å²) in [6.07, 6.45) is 0.0724. The normalized spacial score (nSPS) is 20.0. The molecule has 3 rings (SSSR count). The molecule has 1 aromatic rings. The zero-order valence-electron chi connectivity index (χ0n) is 13.4. The van der Waals surface area contributed by atoms with Gasteiger partial charge in [0.15, 0.2) is 0 Å². The van der Waals surface area contributed by atoms with Gasteiger partial charge in [-0.2, -0.15) is 13.2 Å². The number of carbonyl (C=O) groups is 1. The van der Waals surface area contributed by atoms with E-state index in [2.05, 4.69) is 15.5 Å². The second kappa shape index (κ2) is 7.01. The molecular formula is C17H22F3N3O. The number of amides is 1. The Morgan fingerprint density at radius 1 is 1.17 bits per heavy atom. The van der Waals surface area contributed by atoms with Crippen molar-refractivity contribution in [2.24, 2.45) is 0 Å². The van der Waals surface area contributed by atoms with Gasteiger partial charge in [0, 0.05) is 30.9 Å². The number of anilines is 1. The van der Waals surface area contributed by atoms with Gasteiger partial charge in [-0.3, -0.25) is 4.79 Å². The summed E-state index contributed by atoms with van der Waals surface area (Å²) >= 11 is 0. The third kappa shape index (κ3) is 4.63. The standard InChI is InChI=1S/C17H22F3N3O/c18-17(19,20)12-2-1-3-14(10-12)21-11-16(24)22-13-6-8-23(9-7-13)15-4-5-15/h1-3,10,13,15,21H,4-9,11H2,(H,22,24). The zero-order chi connectivity index (χ0) is 17.2. The van der Waals surface area contributed by atoms with Gasteiger partial charge in [-0.15, -0.1) is 0 Å². The molecule has 1 aliphatic carbocycles. The summed E-state index contributed by atoms with van der Waals surface area (Å²) in [5.74, 6) is -0.183. The van der Waals surface area contributed by atoms with E-state index in [1.807, 2.05) is 0 Å². The van der Waals surface area contributed by atoms with E-state index in [0.717, 1.165) is 44.1 Å². The van der Waals surface area contributed by atoms with Gasteiger partial charge in [-0.1, -0.05) is 6.07 Å². The average molecular weight is 341 g/mol. The number of piperidine rings is 1. The van der Waals surface area contributed by atoms with Gasteiger partial charge in [0.2, 0.25) is 5.91 Å². The minimum atomic E-state index is -4.38. The summed E-state index contributed by atoms with van der Waals surface area (Å²) in [4.78, 5) is 14.5. The van der Waals surface area contributed by atoms with Crippen LogP contribution in [0.5, 0.6) is 0 Å². The molecule has 7 heteroatoms. The summed E-state index contributed by atoms with van der Waals surface area (Å²) in [7, 11) is 0. The first-order valence-corrected chi connectivity index (χ1v) is 8.36. The van der Waals surface area contributed by atoms with E-state index >= 15 is 0 Å². The highest BCUT2D eigenvalue weighted by Gasteiger charge is 2.32.